The zero-order chi connectivity index (χ0) is 22.9. The molecule has 3 heterocycles. The number of benzene rings is 2. The third-order valence-electron chi connectivity index (χ3n) is 5.29. The highest BCUT2D eigenvalue weighted by atomic mass is 35.5. The molecule has 0 aliphatic carbocycles. The van der Waals surface area contributed by atoms with Crippen LogP contribution in [-0.4, -0.2) is 46.4 Å². The molecule has 1 aromatic heterocycles. The molecule has 0 spiro atoms. The maximum Gasteiger partial charge on any atom is 0.322 e. The number of carbonyl (C=O) groups is 2. The number of anilines is 2. The summed E-state index contributed by atoms with van der Waals surface area (Å²) in [6.07, 6.45) is 1.23. The number of halogens is 2. The summed E-state index contributed by atoms with van der Waals surface area (Å²) >= 11 is 13.5. The number of nitrogens with one attached hydrogen (secondary N) is 2. The fraction of sp³-hybridized carbons (Fsp3) is 0.238. The number of nitrogens with zero attached hydrogens (tertiary/aromatic N) is 3. The van der Waals surface area contributed by atoms with Crippen molar-refractivity contribution in [2.45, 2.75) is 18.9 Å². The third-order valence-corrected chi connectivity index (χ3v) is 6.80. The summed E-state index contributed by atoms with van der Waals surface area (Å²) in [5.74, 6) is 0.982. The number of fused-ring (bicyclic) bond motifs is 1. The molecule has 9 nitrogen and oxygen atoms in total. The van der Waals surface area contributed by atoms with Gasteiger partial charge in [-0.25, -0.2) is 4.79 Å². The first-order chi connectivity index (χ1) is 16.0. The molecule has 0 saturated carbocycles. The minimum Gasteiger partial charge on any atom is -0.454 e. The van der Waals surface area contributed by atoms with E-state index in [1.165, 1.54) is 16.2 Å². The lowest BCUT2D eigenvalue weighted by molar-refractivity contribution is -0.119. The van der Waals surface area contributed by atoms with Crippen molar-refractivity contribution in [2.24, 2.45) is 0 Å². The number of rotatable bonds is 4. The topological polar surface area (TPSA) is 106 Å². The largest absolute Gasteiger partial charge is 0.454 e. The van der Waals surface area contributed by atoms with E-state index in [9.17, 15) is 9.59 Å². The van der Waals surface area contributed by atoms with Gasteiger partial charge in [-0.2, -0.15) is 0 Å². The quantitative estimate of drug-likeness (QED) is 0.523. The molecule has 170 valence electrons. The van der Waals surface area contributed by atoms with Crippen molar-refractivity contribution in [1.82, 2.24) is 15.1 Å². The van der Waals surface area contributed by atoms with Gasteiger partial charge in [0.05, 0.1) is 15.7 Å². The van der Waals surface area contributed by atoms with Gasteiger partial charge in [0.25, 0.3) is 0 Å². The standard InChI is InChI=1S/C21H17Cl2N5O4S/c22-12-3-1-4-13(23)17(12)24-21(30)28-8-2-5-14(28)18(29)25-20-27-26-19(33-20)11-6-7-15-16(9-11)32-10-31-15/h1,3-4,6-7,9,14H,2,5,8,10H2,(H,24,30)(H,25,27,29)/t14-/m0/s1. The molecule has 2 aliphatic heterocycles. The Bertz CT molecular complexity index is 1220. The van der Waals surface area contributed by atoms with Crippen LogP contribution in [0.4, 0.5) is 15.6 Å². The summed E-state index contributed by atoms with van der Waals surface area (Å²) in [5.41, 5.74) is 1.12. The molecule has 1 atom stereocenters. The zero-order valence-corrected chi connectivity index (χ0v) is 19.3. The number of amides is 3. The number of hydrogen-bond donors (Lipinski definition) is 2. The number of carbonyl (C=O) groups excluding carboxylic acids is 2. The molecule has 2 aliphatic rings. The molecule has 0 unspecified atom stereocenters. The highest BCUT2D eigenvalue weighted by Crippen LogP contribution is 2.37. The van der Waals surface area contributed by atoms with Crippen molar-refractivity contribution >= 4 is 57.3 Å². The summed E-state index contributed by atoms with van der Waals surface area (Å²) in [7, 11) is 0. The molecule has 0 bridgehead atoms. The molecule has 3 aromatic rings. The minimum absolute atomic E-state index is 0.185. The van der Waals surface area contributed by atoms with E-state index >= 15 is 0 Å². The second-order valence-electron chi connectivity index (χ2n) is 7.35. The maximum atomic E-state index is 12.9. The van der Waals surface area contributed by atoms with E-state index in [-0.39, 0.29) is 12.7 Å². The van der Waals surface area contributed by atoms with Gasteiger partial charge in [0, 0.05) is 12.1 Å². The van der Waals surface area contributed by atoms with Gasteiger partial charge < -0.3 is 19.7 Å². The van der Waals surface area contributed by atoms with Crippen molar-refractivity contribution in [3.05, 3.63) is 46.4 Å². The zero-order valence-electron chi connectivity index (χ0n) is 17.0. The summed E-state index contributed by atoms with van der Waals surface area (Å²) in [4.78, 5) is 27.2. The number of urea groups is 1. The van der Waals surface area contributed by atoms with Crippen molar-refractivity contribution in [1.29, 1.82) is 0 Å². The van der Waals surface area contributed by atoms with Crippen molar-refractivity contribution in [3.63, 3.8) is 0 Å². The molecule has 0 radical (unpaired) electrons. The van der Waals surface area contributed by atoms with Gasteiger partial charge in [0.2, 0.25) is 17.8 Å². The Hall–Kier alpha value is -3.08. The Balaban J connectivity index is 1.26. The fourth-order valence-corrected chi connectivity index (χ4v) is 4.92. The maximum absolute atomic E-state index is 12.9. The molecule has 5 rings (SSSR count). The van der Waals surface area contributed by atoms with Crippen LogP contribution in [0.15, 0.2) is 36.4 Å². The lowest BCUT2D eigenvalue weighted by atomic mass is 10.2. The summed E-state index contributed by atoms with van der Waals surface area (Å²) in [5, 5.41) is 15.3. The average Bonchev–Trinajstić information content (AvgIpc) is 3.56. The van der Waals surface area contributed by atoms with Crippen molar-refractivity contribution < 1.29 is 19.1 Å². The van der Waals surface area contributed by atoms with Gasteiger partial charge in [-0.3, -0.25) is 10.1 Å². The Morgan fingerprint density at radius 3 is 2.67 bits per heavy atom. The van der Waals surface area contributed by atoms with Gasteiger partial charge in [0.1, 0.15) is 11.0 Å². The first kappa shape index (κ1) is 21.7. The number of aromatic nitrogens is 2. The SMILES string of the molecule is O=C(Nc1nnc(-c2ccc3c(c2)OCO3)s1)[C@@H]1CCCN1C(=O)Nc1c(Cl)cccc1Cl. The first-order valence-electron chi connectivity index (χ1n) is 10.1. The molecular formula is C21H17Cl2N5O4S. The van der Waals surface area contributed by atoms with E-state index in [1.807, 2.05) is 12.1 Å². The van der Waals surface area contributed by atoms with Gasteiger partial charge >= 0.3 is 6.03 Å². The molecule has 2 aromatic carbocycles. The normalized spacial score (nSPS) is 16.7. The minimum atomic E-state index is -0.649. The lowest BCUT2D eigenvalue weighted by Crippen LogP contribution is -2.45. The van der Waals surface area contributed by atoms with E-state index in [0.717, 1.165) is 5.56 Å². The van der Waals surface area contributed by atoms with Crippen LogP contribution in [0.2, 0.25) is 10.0 Å². The summed E-state index contributed by atoms with van der Waals surface area (Å²) < 4.78 is 10.7. The van der Waals surface area contributed by atoms with E-state index in [0.29, 0.717) is 56.8 Å². The van der Waals surface area contributed by atoms with E-state index in [4.69, 9.17) is 32.7 Å². The predicted molar refractivity (Wildman–Crippen MR) is 125 cm³/mol. The van der Waals surface area contributed by atoms with Crippen LogP contribution in [0.3, 0.4) is 0 Å². The van der Waals surface area contributed by atoms with Gasteiger partial charge in [-0.05, 0) is 43.2 Å². The van der Waals surface area contributed by atoms with E-state index < -0.39 is 12.1 Å². The molecule has 33 heavy (non-hydrogen) atoms. The number of hydrogen-bond acceptors (Lipinski definition) is 7. The second-order valence-corrected chi connectivity index (χ2v) is 9.14. The Kier molecular flexibility index (Phi) is 5.96. The smallest absolute Gasteiger partial charge is 0.322 e. The van der Waals surface area contributed by atoms with Crippen molar-refractivity contribution in [3.8, 4) is 22.1 Å². The van der Waals surface area contributed by atoms with E-state index in [1.54, 1.807) is 24.3 Å². The Morgan fingerprint density at radius 2 is 1.85 bits per heavy atom. The molecule has 3 amide bonds. The Morgan fingerprint density at radius 1 is 1.06 bits per heavy atom. The molecule has 1 fully saturated rings. The summed E-state index contributed by atoms with van der Waals surface area (Å²) in [6.45, 7) is 0.620. The number of likely N-dealkylation sites (tertiary alicyclic amines) is 1. The highest BCUT2D eigenvalue weighted by molar-refractivity contribution is 7.18. The molecule has 12 heteroatoms. The van der Waals surface area contributed by atoms with E-state index in [2.05, 4.69) is 20.8 Å². The van der Waals surface area contributed by atoms with Crippen LogP contribution in [0, 0.1) is 0 Å². The third kappa shape index (κ3) is 4.41. The lowest BCUT2D eigenvalue weighted by Gasteiger charge is -2.24. The van der Waals surface area contributed by atoms with Crippen LogP contribution >= 0.6 is 34.5 Å². The van der Waals surface area contributed by atoms with Gasteiger partial charge in [-0.15, -0.1) is 10.2 Å². The molecule has 2 N–H and O–H groups in total. The van der Waals surface area contributed by atoms with Crippen LogP contribution in [-0.2, 0) is 4.79 Å². The first-order valence-corrected chi connectivity index (χ1v) is 11.6. The summed E-state index contributed by atoms with van der Waals surface area (Å²) in [6, 6.07) is 9.32. The molecule has 1 saturated heterocycles. The predicted octanol–water partition coefficient (Wildman–Crippen LogP) is 4.88. The monoisotopic (exact) mass is 505 g/mol. The molecular weight excluding hydrogens is 489 g/mol. The second kappa shape index (κ2) is 9.05. The number of para-hydroxylation sites is 1. The highest BCUT2D eigenvalue weighted by Gasteiger charge is 2.35. The van der Waals surface area contributed by atoms with Crippen molar-refractivity contribution in [2.75, 3.05) is 24.0 Å². The van der Waals surface area contributed by atoms with Gasteiger partial charge in [0.15, 0.2) is 11.5 Å². The van der Waals surface area contributed by atoms with Crippen LogP contribution in [0.5, 0.6) is 11.5 Å². The van der Waals surface area contributed by atoms with Gasteiger partial charge in [-0.1, -0.05) is 40.6 Å². The fourth-order valence-electron chi connectivity index (χ4n) is 3.69. The average molecular weight is 506 g/mol. The number of ether oxygens (including phenoxy) is 2. The van der Waals surface area contributed by atoms with Crippen LogP contribution in [0.25, 0.3) is 10.6 Å². The van der Waals surface area contributed by atoms with Crippen LogP contribution < -0.4 is 20.1 Å². The Labute approximate surface area is 202 Å². The van der Waals surface area contributed by atoms with Crippen LogP contribution in [0.1, 0.15) is 12.8 Å².